The van der Waals surface area contributed by atoms with E-state index in [4.69, 9.17) is 4.42 Å². The SMILES string of the molecule is Cc1ccc(NC(=O)[C@H]2CCCN(C(=O)c3ccoc3C)C2)cc1C. The molecule has 5 heteroatoms. The van der Waals surface area contributed by atoms with Gasteiger partial charge in [0.25, 0.3) is 5.91 Å². The van der Waals surface area contributed by atoms with Crippen molar-refractivity contribution in [2.24, 2.45) is 5.92 Å². The first-order valence-corrected chi connectivity index (χ1v) is 8.67. The lowest BCUT2D eigenvalue weighted by atomic mass is 9.96. The van der Waals surface area contributed by atoms with Crippen LogP contribution in [0.3, 0.4) is 0 Å². The number of furan rings is 1. The van der Waals surface area contributed by atoms with Gasteiger partial charge in [0.1, 0.15) is 5.76 Å². The molecule has 2 amide bonds. The van der Waals surface area contributed by atoms with Crippen molar-refractivity contribution in [1.29, 1.82) is 0 Å². The van der Waals surface area contributed by atoms with Crippen LogP contribution in [0.25, 0.3) is 0 Å². The lowest BCUT2D eigenvalue weighted by Crippen LogP contribution is -2.43. The van der Waals surface area contributed by atoms with Crippen LogP contribution in [0.4, 0.5) is 5.69 Å². The average molecular weight is 340 g/mol. The van der Waals surface area contributed by atoms with Crippen molar-refractivity contribution in [3.05, 3.63) is 53.0 Å². The van der Waals surface area contributed by atoms with Gasteiger partial charge >= 0.3 is 0 Å². The Labute approximate surface area is 148 Å². The molecule has 2 heterocycles. The molecule has 1 N–H and O–H groups in total. The molecule has 25 heavy (non-hydrogen) atoms. The van der Waals surface area contributed by atoms with Crippen LogP contribution in [0.15, 0.2) is 34.9 Å². The number of rotatable bonds is 3. The summed E-state index contributed by atoms with van der Waals surface area (Å²) < 4.78 is 5.22. The minimum absolute atomic E-state index is 0.0235. The Morgan fingerprint density at radius 3 is 2.64 bits per heavy atom. The fourth-order valence-electron chi connectivity index (χ4n) is 3.22. The van der Waals surface area contributed by atoms with Crippen LogP contribution >= 0.6 is 0 Å². The zero-order valence-corrected chi connectivity index (χ0v) is 15.0. The number of likely N-dealkylation sites (tertiary alicyclic amines) is 1. The smallest absolute Gasteiger partial charge is 0.257 e. The lowest BCUT2D eigenvalue weighted by molar-refractivity contribution is -0.121. The van der Waals surface area contributed by atoms with Crippen molar-refractivity contribution in [3.63, 3.8) is 0 Å². The summed E-state index contributed by atoms with van der Waals surface area (Å²) in [4.78, 5) is 27.0. The molecule has 1 aliphatic heterocycles. The van der Waals surface area contributed by atoms with Gasteiger partial charge in [0.2, 0.25) is 5.91 Å². The molecule has 1 aliphatic rings. The van der Waals surface area contributed by atoms with Crippen LogP contribution in [0.1, 0.15) is 40.1 Å². The molecule has 1 atom stereocenters. The highest BCUT2D eigenvalue weighted by atomic mass is 16.3. The number of benzene rings is 1. The second-order valence-electron chi connectivity index (χ2n) is 6.77. The Morgan fingerprint density at radius 2 is 1.96 bits per heavy atom. The third-order valence-electron chi connectivity index (χ3n) is 4.94. The first kappa shape index (κ1) is 17.3. The summed E-state index contributed by atoms with van der Waals surface area (Å²) in [6.45, 7) is 6.97. The fourth-order valence-corrected chi connectivity index (χ4v) is 3.22. The number of nitrogens with one attached hydrogen (secondary N) is 1. The number of carbonyl (C=O) groups is 2. The van der Waals surface area contributed by atoms with Gasteiger partial charge in [-0.2, -0.15) is 0 Å². The molecule has 0 aliphatic carbocycles. The Bertz CT molecular complexity index is 794. The summed E-state index contributed by atoms with van der Waals surface area (Å²) in [5.41, 5.74) is 3.73. The van der Waals surface area contributed by atoms with E-state index in [1.807, 2.05) is 32.0 Å². The van der Waals surface area contributed by atoms with E-state index in [0.717, 1.165) is 24.1 Å². The van der Waals surface area contributed by atoms with Crippen LogP contribution in [0.5, 0.6) is 0 Å². The maximum atomic E-state index is 12.6. The summed E-state index contributed by atoms with van der Waals surface area (Å²) in [7, 11) is 0. The maximum Gasteiger partial charge on any atom is 0.257 e. The van der Waals surface area contributed by atoms with Gasteiger partial charge in [-0.05, 0) is 62.9 Å². The quantitative estimate of drug-likeness (QED) is 0.927. The molecule has 1 aromatic heterocycles. The molecule has 3 rings (SSSR count). The third kappa shape index (κ3) is 3.76. The highest BCUT2D eigenvalue weighted by molar-refractivity contribution is 5.97. The summed E-state index contributed by atoms with van der Waals surface area (Å²) in [5.74, 6) is 0.345. The van der Waals surface area contributed by atoms with Crippen LogP contribution in [0.2, 0.25) is 0 Å². The lowest BCUT2D eigenvalue weighted by Gasteiger charge is -2.32. The molecule has 0 saturated carbocycles. The van der Waals surface area contributed by atoms with Gasteiger partial charge in [0, 0.05) is 18.8 Å². The number of carbonyl (C=O) groups excluding carboxylic acids is 2. The summed E-state index contributed by atoms with van der Waals surface area (Å²) in [6.07, 6.45) is 3.15. The number of piperidine rings is 1. The van der Waals surface area contributed by atoms with E-state index in [9.17, 15) is 9.59 Å². The Kier molecular flexibility index (Phi) is 4.93. The Morgan fingerprint density at radius 1 is 1.16 bits per heavy atom. The zero-order chi connectivity index (χ0) is 18.0. The van der Waals surface area contributed by atoms with E-state index >= 15 is 0 Å². The van der Waals surface area contributed by atoms with E-state index in [1.165, 1.54) is 11.8 Å². The summed E-state index contributed by atoms with van der Waals surface area (Å²) >= 11 is 0. The Balaban J connectivity index is 1.66. The van der Waals surface area contributed by atoms with Crippen molar-refractivity contribution in [3.8, 4) is 0 Å². The van der Waals surface area contributed by atoms with Gasteiger partial charge in [0.05, 0.1) is 17.7 Å². The fraction of sp³-hybridized carbons (Fsp3) is 0.400. The first-order chi connectivity index (χ1) is 12.0. The van der Waals surface area contributed by atoms with E-state index in [-0.39, 0.29) is 17.7 Å². The standard InChI is InChI=1S/C20H24N2O3/c1-13-6-7-17(11-14(13)2)21-19(23)16-5-4-9-22(12-16)20(24)18-8-10-25-15(18)3/h6-8,10-11,16H,4-5,9,12H2,1-3H3,(H,21,23)/t16-/m0/s1. The second kappa shape index (κ2) is 7.13. The van der Waals surface area contributed by atoms with Crippen LogP contribution in [0, 0.1) is 26.7 Å². The third-order valence-corrected chi connectivity index (χ3v) is 4.94. The number of hydrogen-bond acceptors (Lipinski definition) is 3. The molecule has 1 saturated heterocycles. The van der Waals surface area contributed by atoms with E-state index in [0.29, 0.717) is 24.4 Å². The normalized spacial score (nSPS) is 17.4. The van der Waals surface area contributed by atoms with Gasteiger partial charge in [0.15, 0.2) is 0 Å². The molecule has 132 valence electrons. The highest BCUT2D eigenvalue weighted by Gasteiger charge is 2.30. The molecule has 1 fully saturated rings. The zero-order valence-electron chi connectivity index (χ0n) is 15.0. The van der Waals surface area contributed by atoms with Gasteiger partial charge in [-0.3, -0.25) is 9.59 Å². The van der Waals surface area contributed by atoms with E-state index in [2.05, 4.69) is 5.32 Å². The average Bonchev–Trinajstić information content (AvgIpc) is 3.03. The van der Waals surface area contributed by atoms with Crippen molar-refractivity contribution >= 4 is 17.5 Å². The van der Waals surface area contributed by atoms with Crippen molar-refractivity contribution in [2.75, 3.05) is 18.4 Å². The number of anilines is 1. The molecule has 0 unspecified atom stereocenters. The van der Waals surface area contributed by atoms with Crippen LogP contribution in [-0.2, 0) is 4.79 Å². The minimum atomic E-state index is -0.188. The molecule has 2 aromatic rings. The second-order valence-corrected chi connectivity index (χ2v) is 6.77. The monoisotopic (exact) mass is 340 g/mol. The molecular formula is C20H24N2O3. The Hall–Kier alpha value is -2.56. The number of nitrogens with zero attached hydrogens (tertiary/aromatic N) is 1. The largest absolute Gasteiger partial charge is 0.469 e. The molecule has 0 radical (unpaired) electrons. The van der Waals surface area contributed by atoms with Crippen molar-refractivity contribution in [2.45, 2.75) is 33.6 Å². The van der Waals surface area contributed by atoms with Gasteiger partial charge < -0.3 is 14.6 Å². The molecule has 1 aromatic carbocycles. The molecule has 0 spiro atoms. The molecular weight excluding hydrogens is 316 g/mol. The summed E-state index contributed by atoms with van der Waals surface area (Å²) in [6, 6.07) is 7.59. The topological polar surface area (TPSA) is 62.6 Å². The molecule has 5 nitrogen and oxygen atoms in total. The first-order valence-electron chi connectivity index (χ1n) is 8.67. The maximum absolute atomic E-state index is 12.6. The van der Waals surface area contributed by atoms with E-state index in [1.54, 1.807) is 17.9 Å². The van der Waals surface area contributed by atoms with Crippen molar-refractivity contribution < 1.29 is 14.0 Å². The van der Waals surface area contributed by atoms with Gasteiger partial charge in [-0.1, -0.05) is 6.07 Å². The van der Waals surface area contributed by atoms with Crippen molar-refractivity contribution in [1.82, 2.24) is 4.90 Å². The predicted molar refractivity (Wildman–Crippen MR) is 96.6 cm³/mol. The molecule has 0 bridgehead atoms. The van der Waals surface area contributed by atoms with E-state index < -0.39 is 0 Å². The van der Waals surface area contributed by atoms with Gasteiger partial charge in [-0.25, -0.2) is 0 Å². The number of aryl methyl sites for hydroxylation is 3. The minimum Gasteiger partial charge on any atom is -0.469 e. The predicted octanol–water partition coefficient (Wildman–Crippen LogP) is 3.70. The number of amides is 2. The van der Waals surface area contributed by atoms with Gasteiger partial charge in [-0.15, -0.1) is 0 Å². The van der Waals surface area contributed by atoms with Crippen LogP contribution in [-0.4, -0.2) is 29.8 Å². The number of hydrogen-bond donors (Lipinski definition) is 1. The van der Waals surface area contributed by atoms with Crippen LogP contribution < -0.4 is 5.32 Å². The highest BCUT2D eigenvalue weighted by Crippen LogP contribution is 2.22. The summed E-state index contributed by atoms with van der Waals surface area (Å²) in [5, 5.41) is 2.99.